The molecule has 6 nitrogen and oxygen atoms in total. The number of nitrogens with zero attached hydrogens (tertiary/aromatic N) is 3. The summed E-state index contributed by atoms with van der Waals surface area (Å²) < 4.78 is 12.1. The third-order valence-corrected chi connectivity index (χ3v) is 2.72. The predicted octanol–water partition coefficient (Wildman–Crippen LogP) is 2.22. The van der Waals surface area contributed by atoms with Crippen LogP contribution in [0.4, 0.5) is 0 Å². The van der Waals surface area contributed by atoms with Crippen LogP contribution < -0.4 is 4.74 Å². The van der Waals surface area contributed by atoms with Gasteiger partial charge in [-0.3, -0.25) is 4.68 Å². The number of methoxy groups -OCH3 is 1. The van der Waals surface area contributed by atoms with E-state index >= 15 is 0 Å². The first-order valence-corrected chi connectivity index (χ1v) is 6.32. The van der Waals surface area contributed by atoms with Crippen LogP contribution >= 0.6 is 0 Å². The molecule has 0 fully saturated rings. The number of pyridine rings is 1. The van der Waals surface area contributed by atoms with Gasteiger partial charge in [-0.1, -0.05) is 0 Å². The van der Waals surface area contributed by atoms with Crippen molar-refractivity contribution >= 4 is 5.97 Å². The molecule has 2 aromatic heterocycles. The van der Waals surface area contributed by atoms with Crippen molar-refractivity contribution in [3.8, 4) is 5.75 Å². The first-order chi connectivity index (χ1) is 9.61. The quantitative estimate of drug-likeness (QED) is 0.783. The van der Waals surface area contributed by atoms with Gasteiger partial charge in [0.1, 0.15) is 6.61 Å². The van der Waals surface area contributed by atoms with Gasteiger partial charge in [-0.2, -0.15) is 5.10 Å². The summed E-state index contributed by atoms with van der Waals surface area (Å²) >= 11 is 0. The fraction of sp³-hybridized carbons (Fsp3) is 0.357. The van der Waals surface area contributed by atoms with E-state index in [1.807, 2.05) is 30.8 Å². The Morgan fingerprint density at radius 3 is 2.85 bits per heavy atom. The van der Waals surface area contributed by atoms with Crippen LogP contribution in [0.5, 0.6) is 5.75 Å². The molecule has 0 aliphatic rings. The van der Waals surface area contributed by atoms with Gasteiger partial charge in [0.25, 0.3) is 0 Å². The van der Waals surface area contributed by atoms with Gasteiger partial charge in [-0.25, -0.2) is 9.78 Å². The Labute approximate surface area is 117 Å². The first kappa shape index (κ1) is 14.0. The van der Waals surface area contributed by atoms with Gasteiger partial charge in [0.2, 0.25) is 0 Å². The van der Waals surface area contributed by atoms with Crippen molar-refractivity contribution < 1.29 is 14.3 Å². The van der Waals surface area contributed by atoms with Crippen molar-refractivity contribution in [3.05, 3.63) is 42.0 Å². The number of esters is 1. The molecule has 0 aromatic carbocycles. The Bertz CT molecular complexity index is 593. The zero-order chi connectivity index (χ0) is 14.5. The Balaban J connectivity index is 2.08. The number of carbonyl (C=O) groups excluding carboxylic acids is 1. The lowest BCUT2D eigenvalue weighted by Gasteiger charge is -2.08. The molecule has 0 saturated carbocycles. The fourth-order valence-electron chi connectivity index (χ4n) is 1.65. The van der Waals surface area contributed by atoms with E-state index in [0.717, 1.165) is 5.69 Å². The van der Waals surface area contributed by atoms with E-state index in [1.54, 1.807) is 12.1 Å². The Kier molecular flexibility index (Phi) is 4.34. The van der Waals surface area contributed by atoms with E-state index in [2.05, 4.69) is 14.8 Å². The normalized spacial score (nSPS) is 10.6. The minimum Gasteiger partial charge on any atom is -0.485 e. The summed E-state index contributed by atoms with van der Waals surface area (Å²) in [4.78, 5) is 15.5. The summed E-state index contributed by atoms with van der Waals surface area (Å²) in [5.41, 5.74) is 0.955. The monoisotopic (exact) mass is 275 g/mol. The van der Waals surface area contributed by atoms with E-state index in [9.17, 15) is 4.79 Å². The van der Waals surface area contributed by atoms with E-state index in [4.69, 9.17) is 4.74 Å². The Hall–Kier alpha value is -2.37. The summed E-state index contributed by atoms with van der Waals surface area (Å²) in [6.45, 7) is 4.37. The summed E-state index contributed by atoms with van der Waals surface area (Å²) in [7, 11) is 1.31. The minimum absolute atomic E-state index is 0.165. The molecule has 0 amide bonds. The number of ether oxygens (including phenoxy) is 2. The Morgan fingerprint density at radius 2 is 2.20 bits per heavy atom. The van der Waals surface area contributed by atoms with Gasteiger partial charge in [-0.05, 0) is 32.0 Å². The molecule has 2 heterocycles. The molecule has 106 valence electrons. The highest BCUT2D eigenvalue weighted by Crippen LogP contribution is 2.17. The molecule has 2 aromatic rings. The van der Waals surface area contributed by atoms with Crippen molar-refractivity contribution in [3.63, 3.8) is 0 Å². The third-order valence-electron chi connectivity index (χ3n) is 2.72. The second-order valence-electron chi connectivity index (χ2n) is 4.51. The topological polar surface area (TPSA) is 66.2 Å². The van der Waals surface area contributed by atoms with Crippen LogP contribution in [-0.4, -0.2) is 27.8 Å². The van der Waals surface area contributed by atoms with Gasteiger partial charge >= 0.3 is 5.97 Å². The SMILES string of the molecule is COC(=O)c1ncccc1OCc1ccn(C(C)C)n1. The average molecular weight is 275 g/mol. The molecule has 2 rings (SSSR count). The summed E-state index contributed by atoms with van der Waals surface area (Å²) in [5.74, 6) is -0.133. The van der Waals surface area contributed by atoms with Gasteiger partial charge in [0, 0.05) is 18.4 Å². The van der Waals surface area contributed by atoms with Gasteiger partial charge in [-0.15, -0.1) is 0 Å². The molecule has 0 spiro atoms. The van der Waals surface area contributed by atoms with Crippen LogP contribution in [-0.2, 0) is 11.3 Å². The maximum absolute atomic E-state index is 11.6. The molecule has 6 heteroatoms. The van der Waals surface area contributed by atoms with Crippen LogP contribution in [0.1, 0.15) is 36.1 Å². The van der Waals surface area contributed by atoms with Crippen molar-refractivity contribution in [2.45, 2.75) is 26.5 Å². The second kappa shape index (κ2) is 6.18. The maximum atomic E-state index is 11.6. The van der Waals surface area contributed by atoms with Gasteiger partial charge in [0.15, 0.2) is 11.4 Å². The molecular weight excluding hydrogens is 258 g/mol. The largest absolute Gasteiger partial charge is 0.485 e. The van der Waals surface area contributed by atoms with E-state index in [0.29, 0.717) is 11.8 Å². The highest BCUT2D eigenvalue weighted by molar-refractivity contribution is 5.90. The zero-order valence-electron chi connectivity index (χ0n) is 11.7. The molecule has 0 atom stereocenters. The lowest BCUT2D eigenvalue weighted by molar-refractivity contribution is 0.0588. The number of aromatic nitrogens is 3. The third kappa shape index (κ3) is 3.14. The first-order valence-electron chi connectivity index (χ1n) is 6.32. The minimum atomic E-state index is -0.520. The van der Waals surface area contributed by atoms with Crippen molar-refractivity contribution in [1.29, 1.82) is 0 Å². The van der Waals surface area contributed by atoms with Crippen LogP contribution in [0.15, 0.2) is 30.6 Å². The number of carbonyl (C=O) groups is 1. The predicted molar refractivity (Wildman–Crippen MR) is 72.5 cm³/mol. The van der Waals surface area contributed by atoms with Crippen molar-refractivity contribution in [2.24, 2.45) is 0 Å². The molecule has 20 heavy (non-hydrogen) atoms. The van der Waals surface area contributed by atoms with Gasteiger partial charge < -0.3 is 9.47 Å². The molecule has 0 radical (unpaired) electrons. The average Bonchev–Trinajstić information content (AvgIpc) is 2.93. The summed E-state index contributed by atoms with van der Waals surface area (Å²) in [6, 6.07) is 5.56. The smallest absolute Gasteiger partial charge is 0.360 e. The highest BCUT2D eigenvalue weighted by atomic mass is 16.5. The van der Waals surface area contributed by atoms with Crippen LogP contribution in [0, 0.1) is 0 Å². The lowest BCUT2D eigenvalue weighted by atomic mass is 10.3. The fourth-order valence-corrected chi connectivity index (χ4v) is 1.65. The molecule has 0 bridgehead atoms. The molecule has 0 aliphatic carbocycles. The maximum Gasteiger partial charge on any atom is 0.360 e. The molecular formula is C14H17N3O3. The summed E-state index contributed by atoms with van der Waals surface area (Å²) in [6.07, 6.45) is 3.42. The highest BCUT2D eigenvalue weighted by Gasteiger charge is 2.14. The van der Waals surface area contributed by atoms with Crippen LogP contribution in [0.2, 0.25) is 0 Å². The molecule has 0 saturated heterocycles. The van der Waals surface area contributed by atoms with Crippen molar-refractivity contribution in [1.82, 2.24) is 14.8 Å². The second-order valence-corrected chi connectivity index (χ2v) is 4.51. The van der Waals surface area contributed by atoms with E-state index < -0.39 is 5.97 Å². The van der Waals surface area contributed by atoms with Crippen LogP contribution in [0.25, 0.3) is 0 Å². The van der Waals surface area contributed by atoms with E-state index in [1.165, 1.54) is 13.3 Å². The number of rotatable bonds is 5. The van der Waals surface area contributed by atoms with E-state index in [-0.39, 0.29) is 12.3 Å². The van der Waals surface area contributed by atoms with Crippen molar-refractivity contribution in [2.75, 3.05) is 7.11 Å². The molecule has 0 unspecified atom stereocenters. The van der Waals surface area contributed by atoms with Crippen LogP contribution in [0.3, 0.4) is 0 Å². The molecule has 0 N–H and O–H groups in total. The lowest BCUT2D eigenvalue weighted by Crippen LogP contribution is -2.08. The number of hydrogen-bond acceptors (Lipinski definition) is 5. The molecule has 0 aliphatic heterocycles. The standard InChI is InChI=1S/C14H17N3O3/c1-10(2)17-8-6-11(16-17)9-20-12-5-4-7-15-13(12)14(18)19-3/h4-8,10H,9H2,1-3H3. The zero-order valence-corrected chi connectivity index (χ0v) is 11.7. The summed E-state index contributed by atoms with van der Waals surface area (Å²) in [5, 5.41) is 4.37. The number of hydrogen-bond donors (Lipinski definition) is 0. The Morgan fingerprint density at radius 1 is 1.40 bits per heavy atom. The van der Waals surface area contributed by atoms with Gasteiger partial charge in [0.05, 0.1) is 12.8 Å².